The number of nitrogens with one attached hydrogen (secondary N) is 2. The summed E-state index contributed by atoms with van der Waals surface area (Å²) in [6.07, 6.45) is 3.20. The number of hydrogen-bond donors (Lipinski definition) is 2. The largest absolute Gasteiger partial charge is 0.460 e. The van der Waals surface area contributed by atoms with Crippen LogP contribution in [0, 0.1) is 17.8 Å². The minimum atomic E-state index is -0.824. The molecule has 0 radical (unpaired) electrons. The van der Waals surface area contributed by atoms with Crippen LogP contribution in [0.15, 0.2) is 0 Å². The molecule has 0 saturated carbocycles. The highest BCUT2D eigenvalue weighted by Crippen LogP contribution is 2.29. The number of carbonyl (C=O) groups excluding carboxylic acids is 4. The van der Waals surface area contributed by atoms with Gasteiger partial charge in [-0.15, -0.1) is 0 Å². The lowest BCUT2D eigenvalue weighted by Crippen LogP contribution is -2.53. The molecule has 4 atom stereocenters. The Labute approximate surface area is 185 Å². The van der Waals surface area contributed by atoms with Gasteiger partial charge in [-0.25, -0.2) is 0 Å². The fourth-order valence-electron chi connectivity index (χ4n) is 4.44. The van der Waals surface area contributed by atoms with E-state index in [9.17, 15) is 19.2 Å². The molecule has 3 amide bonds. The van der Waals surface area contributed by atoms with Crippen molar-refractivity contribution in [3.05, 3.63) is 0 Å². The second-order valence-electron chi connectivity index (χ2n) is 10.2. The van der Waals surface area contributed by atoms with Crippen molar-refractivity contribution < 1.29 is 23.9 Å². The zero-order valence-corrected chi connectivity index (χ0v) is 19.8. The van der Waals surface area contributed by atoms with E-state index in [-0.39, 0.29) is 36.2 Å². The van der Waals surface area contributed by atoms with E-state index < -0.39 is 29.5 Å². The van der Waals surface area contributed by atoms with Gasteiger partial charge in [-0.05, 0) is 52.4 Å². The van der Waals surface area contributed by atoms with Crippen LogP contribution in [0.1, 0.15) is 73.6 Å². The summed E-state index contributed by atoms with van der Waals surface area (Å²) in [5, 5.41) is 5.63. The molecule has 0 aromatic carbocycles. The average molecular weight is 438 g/mol. The van der Waals surface area contributed by atoms with E-state index in [4.69, 9.17) is 4.74 Å². The fraction of sp³-hybridized carbons (Fsp3) is 0.826. The van der Waals surface area contributed by atoms with Crippen molar-refractivity contribution in [3.63, 3.8) is 0 Å². The number of fused-ring (bicyclic) bond motifs is 1. The molecule has 2 aliphatic heterocycles. The van der Waals surface area contributed by atoms with Crippen molar-refractivity contribution >= 4 is 23.7 Å². The Morgan fingerprint density at radius 1 is 1.23 bits per heavy atom. The standard InChI is InChI=1S/C23H39N3O5/c1-7-9-15(22(30)31-23(4,5)6)16(12-14(2)3)19(27)25-17-13-24-20(28)18-10-8-11-26(18)21(17)29/h14-18H,7-13H2,1-6H3,(H,24,28)(H,25,27). The molecule has 8 nitrogen and oxygen atoms in total. The van der Waals surface area contributed by atoms with Gasteiger partial charge >= 0.3 is 5.97 Å². The normalized spacial score (nSPS) is 23.6. The smallest absolute Gasteiger partial charge is 0.310 e. The van der Waals surface area contributed by atoms with Crippen molar-refractivity contribution in [3.8, 4) is 0 Å². The maximum absolute atomic E-state index is 13.4. The Hall–Kier alpha value is -2.12. The summed E-state index contributed by atoms with van der Waals surface area (Å²) in [7, 11) is 0. The second-order valence-corrected chi connectivity index (χ2v) is 10.2. The Morgan fingerprint density at radius 2 is 1.90 bits per heavy atom. The number of amides is 3. The summed E-state index contributed by atoms with van der Waals surface area (Å²) < 4.78 is 5.62. The van der Waals surface area contributed by atoms with Gasteiger partial charge in [-0.2, -0.15) is 0 Å². The van der Waals surface area contributed by atoms with Crippen LogP contribution in [-0.2, 0) is 23.9 Å². The number of esters is 1. The van der Waals surface area contributed by atoms with Gasteiger partial charge in [0.15, 0.2) is 0 Å². The molecule has 0 aromatic heterocycles. The number of nitrogens with zero attached hydrogens (tertiary/aromatic N) is 1. The molecule has 0 spiro atoms. The molecule has 2 aliphatic rings. The van der Waals surface area contributed by atoms with Gasteiger partial charge < -0.3 is 20.3 Å². The fourth-order valence-corrected chi connectivity index (χ4v) is 4.44. The topological polar surface area (TPSA) is 105 Å². The highest BCUT2D eigenvalue weighted by molar-refractivity contribution is 5.96. The summed E-state index contributed by atoms with van der Waals surface area (Å²) in [6, 6.07) is -1.27. The van der Waals surface area contributed by atoms with E-state index >= 15 is 0 Å². The molecule has 0 aromatic rings. The monoisotopic (exact) mass is 437 g/mol. The lowest BCUT2D eigenvalue weighted by molar-refractivity contribution is -0.164. The van der Waals surface area contributed by atoms with Gasteiger partial charge in [0.05, 0.1) is 11.8 Å². The van der Waals surface area contributed by atoms with Gasteiger partial charge in [0, 0.05) is 13.1 Å². The third-order valence-electron chi connectivity index (χ3n) is 5.79. The first kappa shape index (κ1) is 25.1. The summed E-state index contributed by atoms with van der Waals surface area (Å²) in [5.41, 5.74) is -0.645. The van der Waals surface area contributed by atoms with E-state index in [1.165, 1.54) is 0 Å². The first-order valence-corrected chi connectivity index (χ1v) is 11.6. The van der Waals surface area contributed by atoms with Crippen LogP contribution in [0.5, 0.6) is 0 Å². The van der Waals surface area contributed by atoms with Crippen molar-refractivity contribution in [1.82, 2.24) is 15.5 Å². The lowest BCUT2D eigenvalue weighted by atomic mass is 9.81. The van der Waals surface area contributed by atoms with Gasteiger partial charge in [0.2, 0.25) is 17.7 Å². The zero-order chi connectivity index (χ0) is 23.3. The van der Waals surface area contributed by atoms with Crippen LogP contribution >= 0.6 is 0 Å². The summed E-state index contributed by atoms with van der Waals surface area (Å²) >= 11 is 0. The molecule has 2 heterocycles. The third kappa shape index (κ3) is 6.68. The molecular formula is C23H39N3O5. The predicted molar refractivity (Wildman–Crippen MR) is 117 cm³/mol. The summed E-state index contributed by atoms with van der Waals surface area (Å²) in [5.74, 6) is -2.11. The third-order valence-corrected chi connectivity index (χ3v) is 5.79. The number of carbonyl (C=O) groups is 4. The van der Waals surface area contributed by atoms with Gasteiger partial charge in [0.25, 0.3) is 0 Å². The maximum Gasteiger partial charge on any atom is 0.310 e. The Morgan fingerprint density at radius 3 is 2.48 bits per heavy atom. The molecule has 0 bridgehead atoms. The maximum atomic E-state index is 13.4. The second kappa shape index (κ2) is 10.5. The van der Waals surface area contributed by atoms with Crippen molar-refractivity contribution in [2.75, 3.05) is 13.1 Å². The zero-order valence-electron chi connectivity index (χ0n) is 19.8. The summed E-state index contributed by atoms with van der Waals surface area (Å²) in [4.78, 5) is 53.2. The molecule has 4 unspecified atom stereocenters. The van der Waals surface area contributed by atoms with E-state index in [2.05, 4.69) is 10.6 Å². The van der Waals surface area contributed by atoms with Crippen molar-refractivity contribution in [2.24, 2.45) is 17.8 Å². The van der Waals surface area contributed by atoms with Gasteiger partial charge in [-0.1, -0.05) is 27.2 Å². The van der Waals surface area contributed by atoms with Crippen LogP contribution < -0.4 is 10.6 Å². The lowest BCUT2D eigenvalue weighted by Gasteiger charge is -2.31. The van der Waals surface area contributed by atoms with Crippen LogP contribution in [0.2, 0.25) is 0 Å². The van der Waals surface area contributed by atoms with Crippen LogP contribution in [0.4, 0.5) is 0 Å². The Balaban J connectivity index is 2.21. The molecule has 31 heavy (non-hydrogen) atoms. The average Bonchev–Trinajstić information content (AvgIpc) is 3.11. The van der Waals surface area contributed by atoms with E-state index in [1.807, 2.05) is 41.5 Å². The molecule has 2 fully saturated rings. The van der Waals surface area contributed by atoms with E-state index in [0.717, 1.165) is 12.8 Å². The van der Waals surface area contributed by atoms with Crippen molar-refractivity contribution in [1.29, 1.82) is 0 Å². The molecule has 8 heteroatoms. The van der Waals surface area contributed by atoms with E-state index in [0.29, 0.717) is 25.8 Å². The first-order chi connectivity index (χ1) is 14.4. The van der Waals surface area contributed by atoms with Crippen LogP contribution in [-0.4, -0.2) is 59.4 Å². The minimum absolute atomic E-state index is 0.0652. The number of rotatable bonds is 8. The molecular weight excluding hydrogens is 398 g/mol. The van der Waals surface area contributed by atoms with Crippen LogP contribution in [0.25, 0.3) is 0 Å². The summed E-state index contributed by atoms with van der Waals surface area (Å²) in [6.45, 7) is 12.0. The molecule has 0 aliphatic carbocycles. The van der Waals surface area contributed by atoms with E-state index in [1.54, 1.807) is 4.90 Å². The number of hydrogen-bond acceptors (Lipinski definition) is 5. The highest BCUT2D eigenvalue weighted by atomic mass is 16.6. The van der Waals surface area contributed by atoms with Crippen molar-refractivity contribution in [2.45, 2.75) is 91.3 Å². The predicted octanol–water partition coefficient (Wildman–Crippen LogP) is 2.01. The Kier molecular flexibility index (Phi) is 8.49. The number of ether oxygens (including phenoxy) is 1. The molecule has 176 valence electrons. The molecule has 2 N–H and O–H groups in total. The Bertz CT molecular complexity index is 685. The highest BCUT2D eigenvalue weighted by Gasteiger charge is 2.42. The molecule has 2 rings (SSSR count). The van der Waals surface area contributed by atoms with Crippen LogP contribution in [0.3, 0.4) is 0 Å². The minimum Gasteiger partial charge on any atom is -0.460 e. The van der Waals surface area contributed by atoms with Gasteiger partial charge in [-0.3, -0.25) is 19.2 Å². The SMILES string of the molecule is CCCC(C(=O)OC(C)(C)C)C(CC(C)C)C(=O)NC1CNC(=O)C2CCCN2C1=O. The first-order valence-electron chi connectivity index (χ1n) is 11.6. The quantitative estimate of drug-likeness (QED) is 0.565. The van der Waals surface area contributed by atoms with Gasteiger partial charge in [0.1, 0.15) is 17.7 Å². The molecule has 2 saturated heterocycles.